The molecule has 0 spiro atoms. The van der Waals surface area contributed by atoms with E-state index < -0.39 is 29.5 Å². The number of nitriles is 1. The van der Waals surface area contributed by atoms with E-state index in [1.165, 1.54) is 6.07 Å². The molecule has 8 heteroatoms. The van der Waals surface area contributed by atoms with Gasteiger partial charge in [0.2, 0.25) is 0 Å². The van der Waals surface area contributed by atoms with Crippen molar-refractivity contribution in [2.24, 2.45) is 18.9 Å². The zero-order chi connectivity index (χ0) is 25.5. The summed E-state index contributed by atoms with van der Waals surface area (Å²) in [6, 6.07) is 6.57. The van der Waals surface area contributed by atoms with Crippen molar-refractivity contribution < 1.29 is 18.7 Å². The summed E-state index contributed by atoms with van der Waals surface area (Å²) in [5.41, 5.74) is 2.12. The van der Waals surface area contributed by atoms with Gasteiger partial charge in [-0.25, -0.2) is 9.18 Å². The molecule has 1 saturated carbocycles. The van der Waals surface area contributed by atoms with Crippen LogP contribution in [0.3, 0.4) is 0 Å². The van der Waals surface area contributed by atoms with Crippen LogP contribution in [0.15, 0.2) is 24.4 Å². The van der Waals surface area contributed by atoms with Gasteiger partial charge in [0.15, 0.2) is 5.78 Å². The fourth-order valence-electron chi connectivity index (χ4n) is 5.54. The molecule has 2 aromatic rings. The molecule has 4 rings (SSSR count). The number of aryl methyl sites for hydroxylation is 2. The van der Waals surface area contributed by atoms with Gasteiger partial charge in [-0.3, -0.25) is 14.4 Å². The number of halogens is 1. The summed E-state index contributed by atoms with van der Waals surface area (Å²) in [5.74, 6) is -1.13. The fourth-order valence-corrected chi connectivity index (χ4v) is 5.54. The van der Waals surface area contributed by atoms with E-state index in [1.807, 2.05) is 26.2 Å². The van der Waals surface area contributed by atoms with Crippen LogP contribution in [0.25, 0.3) is 11.1 Å². The van der Waals surface area contributed by atoms with Crippen LogP contribution in [0.5, 0.6) is 0 Å². The Morgan fingerprint density at radius 1 is 1.31 bits per heavy atom. The van der Waals surface area contributed by atoms with Crippen molar-refractivity contribution in [2.45, 2.75) is 77.5 Å². The Hall–Kier alpha value is -3.21. The summed E-state index contributed by atoms with van der Waals surface area (Å²) in [4.78, 5) is 27.8. The number of piperidine rings is 1. The third-order valence-electron chi connectivity index (χ3n) is 6.99. The monoisotopic (exact) mass is 480 g/mol. The first-order chi connectivity index (χ1) is 16.5. The summed E-state index contributed by atoms with van der Waals surface area (Å²) >= 11 is 0. The van der Waals surface area contributed by atoms with Gasteiger partial charge in [0.05, 0.1) is 23.7 Å². The van der Waals surface area contributed by atoms with Crippen molar-refractivity contribution in [3.05, 3.63) is 41.5 Å². The number of Topliss-reactive ketones (excluding diaryl/α,β-unsaturated/α-hetero) is 1. The number of hydrogen-bond acceptors (Lipinski definition) is 5. The highest BCUT2D eigenvalue weighted by molar-refractivity contribution is 5.89. The Morgan fingerprint density at radius 3 is 2.66 bits per heavy atom. The van der Waals surface area contributed by atoms with Crippen molar-refractivity contribution in [3.63, 3.8) is 0 Å². The maximum Gasteiger partial charge on any atom is 0.411 e. The first-order valence-corrected chi connectivity index (χ1v) is 12.2. The molecule has 1 aromatic carbocycles. The molecular weight excluding hydrogens is 447 g/mol. The van der Waals surface area contributed by atoms with Crippen molar-refractivity contribution in [1.82, 2.24) is 14.7 Å². The summed E-state index contributed by atoms with van der Waals surface area (Å²) in [5, 5.41) is 14.1. The molecule has 4 atom stereocenters. The Morgan fingerprint density at radius 2 is 2.06 bits per heavy atom. The molecular formula is C27H33FN4O3. The number of ether oxygens (including phenoxy) is 1. The largest absolute Gasteiger partial charge is 0.444 e. The number of fused-ring (bicyclic) bond motifs is 2. The van der Waals surface area contributed by atoms with Crippen LogP contribution in [0, 0.1) is 35.9 Å². The number of aromatic nitrogens is 2. The van der Waals surface area contributed by atoms with Gasteiger partial charge >= 0.3 is 6.09 Å². The van der Waals surface area contributed by atoms with E-state index in [0.717, 1.165) is 36.1 Å². The third kappa shape index (κ3) is 5.24. The molecule has 1 aromatic heterocycles. The summed E-state index contributed by atoms with van der Waals surface area (Å²) in [6.45, 7) is 7.28. The van der Waals surface area contributed by atoms with E-state index in [9.17, 15) is 19.2 Å². The first-order valence-electron chi connectivity index (χ1n) is 12.2. The van der Waals surface area contributed by atoms with Gasteiger partial charge in [0.1, 0.15) is 11.4 Å². The molecule has 2 bridgehead atoms. The predicted octanol–water partition coefficient (Wildman–Crippen LogP) is 4.96. The van der Waals surface area contributed by atoms with Crippen LogP contribution in [0.2, 0.25) is 0 Å². The van der Waals surface area contributed by atoms with Crippen LogP contribution in [0.1, 0.15) is 57.7 Å². The number of rotatable bonds is 6. The Bertz CT molecular complexity index is 1180. The molecule has 0 radical (unpaired) electrons. The molecule has 1 aliphatic carbocycles. The highest BCUT2D eigenvalue weighted by atomic mass is 19.1. The first kappa shape index (κ1) is 24.9. The number of hydrogen-bond donors (Lipinski definition) is 0. The number of nitrogens with zero attached hydrogens (tertiary/aromatic N) is 4. The van der Waals surface area contributed by atoms with Gasteiger partial charge in [-0.1, -0.05) is 12.1 Å². The van der Waals surface area contributed by atoms with Crippen LogP contribution in [-0.4, -0.2) is 44.2 Å². The van der Waals surface area contributed by atoms with Crippen LogP contribution in [-0.2, 0) is 23.0 Å². The van der Waals surface area contributed by atoms with Gasteiger partial charge in [0.25, 0.3) is 0 Å². The number of carbonyl (C=O) groups is 2. The highest BCUT2D eigenvalue weighted by Gasteiger charge is 2.52. The topological polar surface area (TPSA) is 88.2 Å². The lowest BCUT2D eigenvalue weighted by Crippen LogP contribution is -2.51. The maximum atomic E-state index is 15.0. The minimum absolute atomic E-state index is 0.00487. The van der Waals surface area contributed by atoms with E-state index >= 15 is 0 Å². The van der Waals surface area contributed by atoms with Crippen LogP contribution in [0.4, 0.5) is 9.18 Å². The van der Waals surface area contributed by atoms with Crippen LogP contribution < -0.4 is 0 Å². The van der Waals surface area contributed by atoms with E-state index in [1.54, 1.807) is 36.4 Å². The average Bonchev–Trinajstić information content (AvgIpc) is 3.47. The summed E-state index contributed by atoms with van der Waals surface area (Å²) in [6.07, 6.45) is 4.03. The van der Waals surface area contributed by atoms with Gasteiger partial charge < -0.3 is 4.74 Å². The van der Waals surface area contributed by atoms with Gasteiger partial charge in [-0.05, 0) is 76.5 Å². The van der Waals surface area contributed by atoms with Crippen molar-refractivity contribution in [1.29, 1.82) is 5.26 Å². The molecule has 2 aliphatic rings. The highest BCUT2D eigenvalue weighted by Crippen LogP contribution is 2.44. The lowest BCUT2D eigenvalue weighted by Gasteiger charge is -2.35. The van der Waals surface area contributed by atoms with Crippen molar-refractivity contribution >= 4 is 11.9 Å². The van der Waals surface area contributed by atoms with E-state index in [4.69, 9.17) is 4.74 Å². The smallest absolute Gasteiger partial charge is 0.411 e. The quantitative estimate of drug-likeness (QED) is 0.583. The van der Waals surface area contributed by atoms with Gasteiger partial charge in [-0.2, -0.15) is 10.4 Å². The molecule has 1 amide bonds. The molecule has 0 unspecified atom stereocenters. The predicted molar refractivity (Wildman–Crippen MR) is 129 cm³/mol. The van der Waals surface area contributed by atoms with Gasteiger partial charge in [0, 0.05) is 31.3 Å². The second kappa shape index (κ2) is 9.44. The van der Waals surface area contributed by atoms with E-state index in [-0.39, 0.29) is 30.6 Å². The lowest BCUT2D eigenvalue weighted by atomic mass is 9.87. The molecule has 0 N–H and O–H groups in total. The average molecular weight is 481 g/mol. The molecule has 2 heterocycles. The normalized spacial score (nSPS) is 22.2. The molecule has 1 aliphatic heterocycles. The standard InChI is InChI=1S/C27H33FN4O3/c1-16-22(15-31(5)30-16)18-6-7-19(23(28)13-18)10-17(14-29)11-24(33)25-20-8-9-21(12-20)32(25)26(34)35-27(2,3)4/h6-7,13,15,17,20-21,25H,8-12H2,1-5H3/t17-,20+,21-,25+/m1/s1. The molecule has 7 nitrogen and oxygen atoms in total. The number of carbonyl (C=O) groups excluding carboxylic acids is 2. The summed E-state index contributed by atoms with van der Waals surface area (Å²) in [7, 11) is 1.82. The molecule has 2 fully saturated rings. The molecule has 186 valence electrons. The lowest BCUT2D eigenvalue weighted by molar-refractivity contribution is -0.126. The molecule has 35 heavy (non-hydrogen) atoms. The molecule has 1 saturated heterocycles. The SMILES string of the molecule is Cc1nn(C)cc1-c1ccc(C[C@@H](C#N)CC(=O)[C@@H]2[C@H]3CC[C@H](C3)N2C(=O)OC(C)(C)C)c(F)c1. The van der Waals surface area contributed by atoms with Crippen molar-refractivity contribution in [2.75, 3.05) is 0 Å². The number of benzene rings is 1. The summed E-state index contributed by atoms with van der Waals surface area (Å²) < 4.78 is 22.2. The maximum absolute atomic E-state index is 15.0. The van der Waals surface area contributed by atoms with Crippen LogP contribution >= 0.6 is 0 Å². The zero-order valence-corrected chi connectivity index (χ0v) is 21.0. The third-order valence-corrected chi connectivity index (χ3v) is 6.99. The second-order valence-corrected chi connectivity index (χ2v) is 10.9. The minimum Gasteiger partial charge on any atom is -0.444 e. The Balaban J connectivity index is 1.46. The second-order valence-electron chi connectivity index (χ2n) is 10.9. The van der Waals surface area contributed by atoms with E-state index in [2.05, 4.69) is 11.2 Å². The van der Waals surface area contributed by atoms with Crippen molar-refractivity contribution in [3.8, 4) is 17.2 Å². The number of amides is 1. The zero-order valence-electron chi connectivity index (χ0n) is 21.0. The fraction of sp³-hybridized carbons (Fsp3) is 0.556. The van der Waals surface area contributed by atoms with E-state index in [0.29, 0.717) is 5.56 Å². The Labute approximate surface area is 205 Å². The minimum atomic E-state index is -0.678. The van der Waals surface area contributed by atoms with Gasteiger partial charge in [-0.15, -0.1) is 0 Å². The number of likely N-dealkylation sites (tertiary alicyclic amines) is 1. The number of ketones is 1. The Kier molecular flexibility index (Phi) is 6.72.